The molecule has 0 unspecified atom stereocenters. The topological polar surface area (TPSA) is 48.1 Å². The van der Waals surface area contributed by atoms with Crippen molar-refractivity contribution in [1.82, 2.24) is 4.98 Å². The summed E-state index contributed by atoms with van der Waals surface area (Å²) in [6, 6.07) is 0. The van der Waals surface area contributed by atoms with E-state index < -0.39 is 0 Å². The summed E-state index contributed by atoms with van der Waals surface area (Å²) in [6.07, 6.45) is 0.842. The predicted octanol–water partition coefficient (Wildman–Crippen LogP) is 0.961. The first-order valence-electron chi connectivity index (χ1n) is 3.48. The Hall–Kier alpha value is -0.610. The summed E-state index contributed by atoms with van der Waals surface area (Å²) in [4.78, 5) is 5.36. The van der Waals surface area contributed by atoms with Crippen molar-refractivity contribution in [3.8, 4) is 5.88 Å². The third kappa shape index (κ3) is 1.91. The summed E-state index contributed by atoms with van der Waals surface area (Å²) in [5.74, 6) is 0.735. The van der Waals surface area contributed by atoms with Crippen molar-refractivity contribution in [2.24, 2.45) is 5.73 Å². The van der Waals surface area contributed by atoms with E-state index >= 15 is 0 Å². The standard InChI is InChI=1S/C7H12N2OS/c1-5-7(10-2)9-6(11-5)3-4-8/h3-4,8H2,1-2H3. The van der Waals surface area contributed by atoms with E-state index in [1.165, 1.54) is 0 Å². The maximum Gasteiger partial charge on any atom is 0.227 e. The molecule has 0 radical (unpaired) electrons. The van der Waals surface area contributed by atoms with Gasteiger partial charge in [-0.1, -0.05) is 0 Å². The first-order valence-corrected chi connectivity index (χ1v) is 4.30. The Bertz CT molecular complexity index is 234. The highest BCUT2D eigenvalue weighted by Crippen LogP contribution is 2.23. The number of hydrogen-bond acceptors (Lipinski definition) is 4. The van der Waals surface area contributed by atoms with Gasteiger partial charge in [-0.3, -0.25) is 0 Å². The zero-order valence-electron chi connectivity index (χ0n) is 6.76. The van der Waals surface area contributed by atoms with Gasteiger partial charge < -0.3 is 10.5 Å². The molecule has 0 atom stereocenters. The van der Waals surface area contributed by atoms with Crippen LogP contribution < -0.4 is 10.5 Å². The lowest BCUT2D eigenvalue weighted by Gasteiger charge is -1.91. The molecule has 2 N–H and O–H groups in total. The highest BCUT2D eigenvalue weighted by Gasteiger charge is 2.05. The summed E-state index contributed by atoms with van der Waals surface area (Å²) in [5, 5.41) is 1.06. The van der Waals surface area contributed by atoms with Crippen molar-refractivity contribution in [2.75, 3.05) is 13.7 Å². The molecule has 3 nitrogen and oxygen atoms in total. The Kier molecular flexibility index (Phi) is 2.84. The highest BCUT2D eigenvalue weighted by molar-refractivity contribution is 7.11. The molecule has 0 amide bonds. The largest absolute Gasteiger partial charge is 0.480 e. The molecular weight excluding hydrogens is 160 g/mol. The fourth-order valence-corrected chi connectivity index (χ4v) is 1.77. The van der Waals surface area contributed by atoms with E-state index in [-0.39, 0.29) is 0 Å². The van der Waals surface area contributed by atoms with Crippen molar-refractivity contribution in [3.05, 3.63) is 9.88 Å². The normalized spacial score (nSPS) is 10.1. The van der Waals surface area contributed by atoms with Crippen molar-refractivity contribution in [1.29, 1.82) is 0 Å². The van der Waals surface area contributed by atoms with E-state index in [4.69, 9.17) is 10.5 Å². The molecule has 0 fully saturated rings. The lowest BCUT2D eigenvalue weighted by molar-refractivity contribution is 0.397. The maximum absolute atomic E-state index is 5.39. The van der Waals surface area contributed by atoms with Gasteiger partial charge in [0.25, 0.3) is 0 Å². The number of nitrogens with zero attached hydrogens (tertiary/aromatic N) is 1. The molecule has 1 aromatic rings. The van der Waals surface area contributed by atoms with Crippen LogP contribution in [0.4, 0.5) is 0 Å². The van der Waals surface area contributed by atoms with Gasteiger partial charge in [0.1, 0.15) is 0 Å². The predicted molar refractivity (Wildman–Crippen MR) is 46.2 cm³/mol. The second kappa shape index (κ2) is 3.69. The molecule has 0 aliphatic rings. The molecule has 0 bridgehead atoms. The quantitative estimate of drug-likeness (QED) is 0.738. The van der Waals surface area contributed by atoms with E-state index in [0.29, 0.717) is 6.54 Å². The number of ether oxygens (including phenoxy) is 1. The van der Waals surface area contributed by atoms with E-state index in [1.807, 2.05) is 6.92 Å². The Balaban J connectivity index is 2.77. The summed E-state index contributed by atoms with van der Waals surface area (Å²) in [7, 11) is 1.63. The van der Waals surface area contributed by atoms with Gasteiger partial charge in [-0.25, -0.2) is 4.98 Å². The van der Waals surface area contributed by atoms with Crippen LogP contribution in [-0.2, 0) is 6.42 Å². The smallest absolute Gasteiger partial charge is 0.227 e. The lowest BCUT2D eigenvalue weighted by atomic mass is 10.5. The van der Waals surface area contributed by atoms with Crippen molar-refractivity contribution in [3.63, 3.8) is 0 Å². The van der Waals surface area contributed by atoms with Gasteiger partial charge >= 0.3 is 0 Å². The second-order valence-electron chi connectivity index (χ2n) is 2.21. The van der Waals surface area contributed by atoms with Crippen LogP contribution >= 0.6 is 11.3 Å². The Morgan fingerprint density at radius 1 is 1.64 bits per heavy atom. The summed E-state index contributed by atoms with van der Waals surface area (Å²) >= 11 is 1.65. The molecule has 62 valence electrons. The van der Waals surface area contributed by atoms with E-state index in [1.54, 1.807) is 18.4 Å². The molecule has 4 heteroatoms. The monoisotopic (exact) mass is 172 g/mol. The molecule has 0 aliphatic heterocycles. The first-order chi connectivity index (χ1) is 5.27. The van der Waals surface area contributed by atoms with Gasteiger partial charge in [0.2, 0.25) is 5.88 Å². The molecule has 0 aromatic carbocycles. The number of methoxy groups -OCH3 is 1. The van der Waals surface area contributed by atoms with Crippen LogP contribution in [0.25, 0.3) is 0 Å². The van der Waals surface area contributed by atoms with E-state index in [9.17, 15) is 0 Å². The van der Waals surface area contributed by atoms with Crippen LogP contribution in [0.15, 0.2) is 0 Å². The molecule has 0 aliphatic carbocycles. The summed E-state index contributed by atoms with van der Waals surface area (Å²) < 4.78 is 5.03. The van der Waals surface area contributed by atoms with Gasteiger partial charge in [0.15, 0.2) is 0 Å². The average molecular weight is 172 g/mol. The minimum atomic E-state index is 0.649. The van der Waals surface area contributed by atoms with Crippen LogP contribution in [-0.4, -0.2) is 18.6 Å². The molecule has 1 heterocycles. The van der Waals surface area contributed by atoms with Crippen molar-refractivity contribution in [2.45, 2.75) is 13.3 Å². The van der Waals surface area contributed by atoms with Crippen molar-refractivity contribution < 1.29 is 4.74 Å². The fraction of sp³-hybridized carbons (Fsp3) is 0.571. The SMILES string of the molecule is COc1nc(CCN)sc1C. The molecule has 0 saturated carbocycles. The average Bonchev–Trinajstić information content (AvgIpc) is 2.32. The number of aryl methyl sites for hydroxylation is 1. The van der Waals surface area contributed by atoms with Crippen LogP contribution in [0.3, 0.4) is 0 Å². The third-order valence-electron chi connectivity index (χ3n) is 1.35. The molecule has 0 spiro atoms. The Labute approximate surface area is 70.2 Å². The maximum atomic E-state index is 5.39. The zero-order valence-corrected chi connectivity index (χ0v) is 7.57. The van der Waals surface area contributed by atoms with E-state index in [0.717, 1.165) is 22.2 Å². The van der Waals surface area contributed by atoms with E-state index in [2.05, 4.69) is 4.98 Å². The minimum absolute atomic E-state index is 0.649. The number of rotatable bonds is 3. The Morgan fingerprint density at radius 3 is 2.82 bits per heavy atom. The molecule has 1 rings (SSSR count). The second-order valence-corrected chi connectivity index (χ2v) is 3.50. The number of aromatic nitrogens is 1. The van der Waals surface area contributed by atoms with Gasteiger partial charge in [-0.15, -0.1) is 11.3 Å². The van der Waals surface area contributed by atoms with Gasteiger partial charge in [-0.2, -0.15) is 0 Å². The number of thiazole rings is 1. The number of nitrogens with two attached hydrogens (primary N) is 1. The Morgan fingerprint density at radius 2 is 2.36 bits per heavy atom. The third-order valence-corrected chi connectivity index (χ3v) is 2.36. The van der Waals surface area contributed by atoms with Gasteiger partial charge in [0, 0.05) is 6.42 Å². The lowest BCUT2D eigenvalue weighted by Crippen LogP contribution is -2.01. The summed E-state index contributed by atoms with van der Waals surface area (Å²) in [5.41, 5.74) is 5.39. The molecule has 0 saturated heterocycles. The van der Waals surface area contributed by atoms with Gasteiger partial charge in [-0.05, 0) is 13.5 Å². The fourth-order valence-electron chi connectivity index (χ4n) is 0.855. The van der Waals surface area contributed by atoms with Crippen LogP contribution in [0.2, 0.25) is 0 Å². The van der Waals surface area contributed by atoms with Crippen LogP contribution in [0.1, 0.15) is 9.88 Å². The minimum Gasteiger partial charge on any atom is -0.480 e. The molecule has 11 heavy (non-hydrogen) atoms. The first kappa shape index (κ1) is 8.49. The summed E-state index contributed by atoms with van der Waals surface area (Å²) in [6.45, 7) is 2.65. The highest BCUT2D eigenvalue weighted by atomic mass is 32.1. The number of hydrogen-bond donors (Lipinski definition) is 1. The van der Waals surface area contributed by atoms with Crippen LogP contribution in [0.5, 0.6) is 5.88 Å². The van der Waals surface area contributed by atoms with Crippen LogP contribution in [0, 0.1) is 6.92 Å². The van der Waals surface area contributed by atoms with Gasteiger partial charge in [0.05, 0.1) is 17.0 Å². The molecule has 1 aromatic heterocycles. The van der Waals surface area contributed by atoms with Crippen molar-refractivity contribution >= 4 is 11.3 Å². The molecular formula is C7H12N2OS. The zero-order chi connectivity index (χ0) is 8.27.